The lowest BCUT2D eigenvalue weighted by Crippen LogP contribution is -2.66. The highest BCUT2D eigenvalue weighted by Gasteiger charge is 2.71. The Kier molecular flexibility index (Phi) is 7.38. The lowest BCUT2D eigenvalue weighted by Gasteiger charge is -2.72. The van der Waals surface area contributed by atoms with E-state index in [0.717, 1.165) is 37.7 Å². The Morgan fingerprint density at radius 1 is 0.884 bits per heavy atom. The predicted molar refractivity (Wildman–Crippen MR) is 172 cm³/mol. The van der Waals surface area contributed by atoms with Crippen molar-refractivity contribution in [3.8, 4) is 5.75 Å². The number of phenols is 1. The van der Waals surface area contributed by atoms with Crippen LogP contribution < -0.4 is 0 Å². The van der Waals surface area contributed by atoms with Gasteiger partial charge in [-0.3, -0.25) is 0 Å². The van der Waals surface area contributed by atoms with E-state index in [1.807, 2.05) is 0 Å². The van der Waals surface area contributed by atoms with Crippen LogP contribution >= 0.6 is 0 Å². The molecular formula is C39H54O4. The van der Waals surface area contributed by atoms with Crippen LogP contribution in [0, 0.1) is 56.7 Å². The fraction of sp³-hybridized carbons (Fsp3) is 0.692. The number of carbonyl (C=O) groups excluding carboxylic acids is 2. The molecule has 0 bridgehead atoms. The molecule has 10 atom stereocenters. The number of fused-ring (bicyclic) bond motifs is 7. The molecule has 5 aliphatic carbocycles. The van der Waals surface area contributed by atoms with Gasteiger partial charge in [-0.25, -0.2) is 4.79 Å². The molecule has 1 aromatic carbocycles. The summed E-state index contributed by atoms with van der Waals surface area (Å²) in [6.45, 7) is 19.2. The van der Waals surface area contributed by atoms with Gasteiger partial charge in [0.25, 0.3) is 0 Å². The number of benzene rings is 1. The van der Waals surface area contributed by atoms with Crippen molar-refractivity contribution in [2.45, 2.75) is 112 Å². The highest BCUT2D eigenvalue weighted by atomic mass is 16.5. The summed E-state index contributed by atoms with van der Waals surface area (Å²) in [5, 5.41) is 9.54. The maximum Gasteiger partial charge on any atom is 0.331 e. The first-order chi connectivity index (χ1) is 20.2. The highest BCUT2D eigenvalue weighted by molar-refractivity contribution is 5.87. The second-order valence-electron chi connectivity index (χ2n) is 16.7. The predicted octanol–water partition coefficient (Wildman–Crippen LogP) is 9.17. The third-order valence-electron chi connectivity index (χ3n) is 14.9. The van der Waals surface area contributed by atoms with Gasteiger partial charge in [-0.05, 0) is 141 Å². The standard InChI is InChI=1S/C39H54O4/c1-25(2)28-16-21-39(24-40)23-22-37(6)29(34(28)39)13-14-31-36(5)19-18-32(35(3,4)30(36)17-20-38(31,37)7)43-33(42)15-10-26-8-11-27(41)12-9-26/h8-12,15,24,28-32,34,41H,1,13-14,16-23H2,2-7H3/t28-,29+,30-,31+,32-,34+,36-,37+,38+,39+/m0/s1. The number of allylic oxidation sites excluding steroid dienone is 1. The maximum atomic E-state index is 13.0. The third-order valence-corrected chi connectivity index (χ3v) is 14.9. The number of hydrogen-bond donors (Lipinski definition) is 1. The van der Waals surface area contributed by atoms with Gasteiger partial charge in [0.05, 0.1) is 0 Å². The SMILES string of the molecule is C=C(C)[C@@H]1CC[C@]2(C=O)CC[C@]3(C)[C@H](CC[C@@H]4[C@@]5(C)CC[C@H](OC(=O)C=Cc6ccc(O)cc6)C(C)(C)[C@@H]5CC[C@]43C)[C@@H]12. The molecule has 0 amide bonds. The number of hydrogen-bond acceptors (Lipinski definition) is 4. The van der Waals surface area contributed by atoms with Crippen LogP contribution in [0.4, 0.5) is 0 Å². The molecule has 5 fully saturated rings. The summed E-state index contributed by atoms with van der Waals surface area (Å²) in [4.78, 5) is 25.7. The molecule has 1 N–H and O–H groups in total. The molecule has 0 radical (unpaired) electrons. The molecule has 4 heteroatoms. The molecule has 0 saturated heterocycles. The summed E-state index contributed by atoms with van der Waals surface area (Å²) in [5.41, 5.74) is 2.58. The molecule has 5 aliphatic rings. The first-order valence-electron chi connectivity index (χ1n) is 17.0. The first kappa shape index (κ1) is 30.7. The minimum absolute atomic E-state index is 0.100. The largest absolute Gasteiger partial charge is 0.508 e. The number of rotatable bonds is 5. The zero-order valence-corrected chi connectivity index (χ0v) is 27.5. The number of ether oxygens (including phenoxy) is 1. The van der Waals surface area contributed by atoms with E-state index in [1.165, 1.54) is 50.0 Å². The molecular weight excluding hydrogens is 532 g/mol. The molecule has 0 spiro atoms. The zero-order valence-electron chi connectivity index (χ0n) is 27.5. The molecule has 1 aromatic rings. The maximum absolute atomic E-state index is 13.0. The van der Waals surface area contributed by atoms with Gasteiger partial charge in [-0.2, -0.15) is 0 Å². The Morgan fingerprint density at radius 2 is 1.60 bits per heavy atom. The van der Waals surface area contributed by atoms with E-state index in [-0.39, 0.29) is 44.9 Å². The van der Waals surface area contributed by atoms with Crippen LogP contribution in [0.25, 0.3) is 6.08 Å². The monoisotopic (exact) mass is 586 g/mol. The van der Waals surface area contributed by atoms with Crippen LogP contribution in [0.1, 0.15) is 111 Å². The van der Waals surface area contributed by atoms with Gasteiger partial charge in [0.15, 0.2) is 0 Å². The number of aldehydes is 1. The second kappa shape index (κ2) is 10.3. The van der Waals surface area contributed by atoms with E-state index in [4.69, 9.17) is 4.74 Å². The van der Waals surface area contributed by atoms with Gasteiger partial charge in [0.1, 0.15) is 18.1 Å². The lowest BCUT2D eigenvalue weighted by atomic mass is 9.32. The molecule has 0 aliphatic heterocycles. The average molecular weight is 587 g/mol. The first-order valence-corrected chi connectivity index (χ1v) is 17.0. The van der Waals surface area contributed by atoms with Gasteiger partial charge in [-0.15, -0.1) is 0 Å². The van der Waals surface area contributed by atoms with Gasteiger partial charge in [-0.1, -0.05) is 58.9 Å². The summed E-state index contributed by atoms with van der Waals surface area (Å²) < 4.78 is 6.20. The molecule has 5 saturated carbocycles. The smallest absolute Gasteiger partial charge is 0.331 e. The average Bonchev–Trinajstić information content (AvgIpc) is 3.35. The fourth-order valence-corrected chi connectivity index (χ4v) is 12.5. The summed E-state index contributed by atoms with van der Waals surface area (Å²) in [6, 6.07) is 6.83. The molecule has 6 rings (SSSR count). The topological polar surface area (TPSA) is 63.6 Å². The van der Waals surface area contributed by atoms with Crippen LogP contribution in [-0.2, 0) is 14.3 Å². The van der Waals surface area contributed by atoms with Crippen LogP contribution in [0.3, 0.4) is 0 Å². The van der Waals surface area contributed by atoms with Crippen molar-refractivity contribution in [3.05, 3.63) is 48.1 Å². The van der Waals surface area contributed by atoms with E-state index in [9.17, 15) is 14.7 Å². The summed E-state index contributed by atoms with van der Waals surface area (Å²) in [7, 11) is 0. The van der Waals surface area contributed by atoms with E-state index in [2.05, 4.69) is 48.1 Å². The summed E-state index contributed by atoms with van der Waals surface area (Å²) >= 11 is 0. The Bertz CT molecular complexity index is 1310. The molecule has 0 unspecified atom stereocenters. The van der Waals surface area contributed by atoms with E-state index in [0.29, 0.717) is 29.6 Å². The van der Waals surface area contributed by atoms with Crippen LogP contribution in [-0.4, -0.2) is 23.5 Å². The van der Waals surface area contributed by atoms with Gasteiger partial charge in [0.2, 0.25) is 0 Å². The molecule has 43 heavy (non-hydrogen) atoms. The highest BCUT2D eigenvalue weighted by Crippen LogP contribution is 2.77. The van der Waals surface area contributed by atoms with Crippen LogP contribution in [0.5, 0.6) is 5.75 Å². The minimum atomic E-state index is -0.284. The summed E-state index contributed by atoms with van der Waals surface area (Å²) in [6.07, 6.45) is 15.8. The van der Waals surface area contributed by atoms with Crippen molar-refractivity contribution in [2.24, 2.45) is 56.7 Å². The minimum Gasteiger partial charge on any atom is -0.508 e. The number of esters is 1. The number of aromatic hydroxyl groups is 1. The molecule has 234 valence electrons. The quantitative estimate of drug-likeness (QED) is 0.162. The van der Waals surface area contributed by atoms with Gasteiger partial charge >= 0.3 is 5.97 Å². The van der Waals surface area contributed by atoms with Crippen molar-refractivity contribution < 1.29 is 19.4 Å². The Morgan fingerprint density at radius 3 is 2.28 bits per heavy atom. The zero-order chi connectivity index (χ0) is 31.0. The van der Waals surface area contributed by atoms with E-state index < -0.39 is 0 Å². The van der Waals surface area contributed by atoms with Crippen molar-refractivity contribution in [3.63, 3.8) is 0 Å². The van der Waals surface area contributed by atoms with Crippen LogP contribution in [0.15, 0.2) is 42.5 Å². The van der Waals surface area contributed by atoms with E-state index in [1.54, 1.807) is 30.3 Å². The van der Waals surface area contributed by atoms with Gasteiger partial charge in [0, 0.05) is 16.9 Å². The number of phenolic OH excluding ortho intramolecular Hbond substituents is 1. The molecule has 0 aromatic heterocycles. The second-order valence-corrected chi connectivity index (χ2v) is 16.7. The van der Waals surface area contributed by atoms with Crippen molar-refractivity contribution in [1.82, 2.24) is 0 Å². The molecule has 0 heterocycles. The van der Waals surface area contributed by atoms with Crippen molar-refractivity contribution in [2.75, 3.05) is 0 Å². The lowest BCUT2D eigenvalue weighted by molar-refractivity contribution is -0.247. The third kappa shape index (κ3) is 4.43. The Balaban J connectivity index is 1.23. The summed E-state index contributed by atoms with van der Waals surface area (Å²) in [5.74, 6) is 2.58. The van der Waals surface area contributed by atoms with E-state index >= 15 is 0 Å². The normalized spacial score (nSPS) is 44.9. The Hall–Kier alpha value is -2.36. The van der Waals surface area contributed by atoms with Crippen LogP contribution in [0.2, 0.25) is 0 Å². The Labute approximate surface area is 259 Å². The fourth-order valence-electron chi connectivity index (χ4n) is 12.5. The van der Waals surface area contributed by atoms with Crippen molar-refractivity contribution >= 4 is 18.3 Å². The van der Waals surface area contributed by atoms with Gasteiger partial charge < -0.3 is 14.6 Å². The number of carbonyl (C=O) groups is 2. The van der Waals surface area contributed by atoms with Crippen molar-refractivity contribution in [1.29, 1.82) is 0 Å². The molecule has 4 nitrogen and oxygen atoms in total.